The van der Waals surface area contributed by atoms with Crippen LogP contribution in [-0.4, -0.2) is 50.1 Å². The van der Waals surface area contributed by atoms with Gasteiger partial charge in [-0.2, -0.15) is 4.31 Å². The van der Waals surface area contributed by atoms with Crippen molar-refractivity contribution in [2.45, 2.75) is 23.8 Å². The fourth-order valence-electron chi connectivity index (χ4n) is 2.32. The normalized spacial score (nSPS) is 18.1. The summed E-state index contributed by atoms with van der Waals surface area (Å²) < 4.78 is 31.6. The van der Waals surface area contributed by atoms with E-state index in [-0.39, 0.29) is 16.6 Å². The molecule has 20 heavy (non-hydrogen) atoms. The lowest BCUT2D eigenvalue weighted by Crippen LogP contribution is -2.41. The van der Waals surface area contributed by atoms with E-state index in [1.807, 2.05) is 0 Å². The maximum absolute atomic E-state index is 12.5. The number of methoxy groups -OCH3 is 1. The van der Waals surface area contributed by atoms with Crippen LogP contribution in [0.25, 0.3) is 0 Å². The van der Waals surface area contributed by atoms with Gasteiger partial charge in [0.1, 0.15) is 0 Å². The van der Waals surface area contributed by atoms with E-state index in [0.717, 1.165) is 0 Å². The molecule has 0 amide bonds. The van der Waals surface area contributed by atoms with Crippen LogP contribution in [0.15, 0.2) is 29.2 Å². The lowest BCUT2D eigenvalue weighted by Gasteiger charge is -2.30. The molecule has 0 atom stereocenters. The summed E-state index contributed by atoms with van der Waals surface area (Å²) in [5.41, 5.74) is -0.193. The monoisotopic (exact) mass is 299 g/mol. The van der Waals surface area contributed by atoms with Gasteiger partial charge in [0.2, 0.25) is 10.0 Å². The van der Waals surface area contributed by atoms with Gasteiger partial charge in [0.25, 0.3) is 0 Å². The van der Waals surface area contributed by atoms with Gasteiger partial charge >= 0.3 is 5.97 Å². The second kappa shape index (κ2) is 5.90. The average molecular weight is 299 g/mol. The second-order valence-electron chi connectivity index (χ2n) is 4.64. The maximum Gasteiger partial charge on any atom is 0.337 e. The lowest BCUT2D eigenvalue weighted by atomic mass is 10.1. The first-order chi connectivity index (χ1) is 9.46. The lowest BCUT2D eigenvalue weighted by molar-refractivity contribution is 0.0602. The van der Waals surface area contributed by atoms with Gasteiger partial charge in [0, 0.05) is 20.2 Å². The van der Waals surface area contributed by atoms with Crippen LogP contribution in [0, 0.1) is 0 Å². The Morgan fingerprint density at radius 2 is 1.90 bits per heavy atom. The second-order valence-corrected chi connectivity index (χ2v) is 6.55. The third kappa shape index (κ3) is 2.84. The molecule has 0 aliphatic carbocycles. The predicted molar refractivity (Wildman–Crippen MR) is 72.2 cm³/mol. The van der Waals surface area contributed by atoms with Gasteiger partial charge < -0.3 is 9.84 Å². The molecule has 0 radical (unpaired) electrons. The number of rotatable bonds is 4. The number of sulfonamides is 1. The molecule has 0 bridgehead atoms. The zero-order valence-corrected chi connectivity index (χ0v) is 12.0. The number of carboxylic acids is 1. The minimum atomic E-state index is -3.77. The van der Waals surface area contributed by atoms with Crippen LogP contribution in [0.4, 0.5) is 0 Å². The Balaban J connectivity index is 2.30. The van der Waals surface area contributed by atoms with Crippen LogP contribution in [0.1, 0.15) is 23.2 Å². The Morgan fingerprint density at radius 3 is 2.45 bits per heavy atom. The van der Waals surface area contributed by atoms with Crippen LogP contribution in [0.2, 0.25) is 0 Å². The molecule has 6 nitrogen and oxygen atoms in total. The SMILES string of the molecule is COC1CCN(S(=O)(=O)c2ccccc2C(=O)O)CC1. The molecule has 0 spiro atoms. The van der Waals surface area contributed by atoms with E-state index in [1.54, 1.807) is 7.11 Å². The summed E-state index contributed by atoms with van der Waals surface area (Å²) in [6.45, 7) is 0.684. The Kier molecular flexibility index (Phi) is 4.42. The smallest absolute Gasteiger partial charge is 0.337 e. The molecule has 0 saturated carbocycles. The summed E-state index contributed by atoms with van der Waals surface area (Å²) in [5.74, 6) is -1.24. The van der Waals surface area contributed by atoms with Crippen molar-refractivity contribution >= 4 is 16.0 Å². The highest BCUT2D eigenvalue weighted by Gasteiger charge is 2.31. The van der Waals surface area contributed by atoms with Gasteiger partial charge in [0.05, 0.1) is 16.6 Å². The highest BCUT2D eigenvalue weighted by Crippen LogP contribution is 2.24. The number of carboxylic acid groups (broad SMARTS) is 1. The van der Waals surface area contributed by atoms with Gasteiger partial charge in [0.15, 0.2) is 0 Å². The fourth-order valence-corrected chi connectivity index (χ4v) is 3.97. The quantitative estimate of drug-likeness (QED) is 0.902. The van der Waals surface area contributed by atoms with E-state index in [2.05, 4.69) is 0 Å². The molecule has 2 rings (SSSR count). The highest BCUT2D eigenvalue weighted by atomic mass is 32.2. The number of aromatic carboxylic acids is 1. The van der Waals surface area contributed by atoms with Crippen molar-refractivity contribution in [3.05, 3.63) is 29.8 Å². The summed E-state index contributed by atoms with van der Waals surface area (Å²) in [7, 11) is -2.17. The van der Waals surface area contributed by atoms with Gasteiger partial charge in [-0.15, -0.1) is 0 Å². The van der Waals surface area contributed by atoms with Crippen LogP contribution >= 0.6 is 0 Å². The number of carbonyl (C=O) groups is 1. The molecule has 1 aromatic carbocycles. The van der Waals surface area contributed by atoms with Crippen LogP contribution in [0.5, 0.6) is 0 Å². The van der Waals surface area contributed by atoms with Crippen LogP contribution in [-0.2, 0) is 14.8 Å². The first-order valence-corrected chi connectivity index (χ1v) is 7.76. The Morgan fingerprint density at radius 1 is 1.30 bits per heavy atom. The predicted octanol–water partition coefficient (Wildman–Crippen LogP) is 1.18. The Bertz CT molecular complexity index is 591. The van der Waals surface area contributed by atoms with E-state index in [0.29, 0.717) is 25.9 Å². The minimum absolute atomic E-state index is 0.0659. The van der Waals surface area contributed by atoms with Crippen molar-refractivity contribution in [2.24, 2.45) is 0 Å². The number of ether oxygens (including phenoxy) is 1. The number of hydrogen-bond acceptors (Lipinski definition) is 4. The van der Waals surface area contributed by atoms with Crippen molar-refractivity contribution in [1.82, 2.24) is 4.31 Å². The number of piperidine rings is 1. The number of benzene rings is 1. The first-order valence-electron chi connectivity index (χ1n) is 6.32. The zero-order valence-electron chi connectivity index (χ0n) is 11.2. The minimum Gasteiger partial charge on any atom is -0.478 e. The fraction of sp³-hybridized carbons (Fsp3) is 0.462. The third-order valence-electron chi connectivity index (χ3n) is 3.47. The largest absolute Gasteiger partial charge is 0.478 e. The molecule has 0 unspecified atom stereocenters. The Hall–Kier alpha value is -1.44. The van der Waals surface area contributed by atoms with Crippen molar-refractivity contribution in [1.29, 1.82) is 0 Å². The Labute approximate surface area is 118 Å². The van der Waals surface area contributed by atoms with E-state index >= 15 is 0 Å². The topological polar surface area (TPSA) is 83.9 Å². The summed E-state index contributed by atoms with van der Waals surface area (Å²) in [6, 6.07) is 5.68. The van der Waals surface area contributed by atoms with E-state index in [9.17, 15) is 13.2 Å². The van der Waals surface area contributed by atoms with Crippen molar-refractivity contribution < 1.29 is 23.1 Å². The van der Waals surface area contributed by atoms with Gasteiger partial charge in [-0.25, -0.2) is 13.2 Å². The van der Waals surface area contributed by atoms with E-state index in [4.69, 9.17) is 9.84 Å². The molecular formula is C13H17NO5S. The highest BCUT2D eigenvalue weighted by molar-refractivity contribution is 7.89. The molecule has 1 N–H and O–H groups in total. The molecule has 7 heteroatoms. The summed E-state index contributed by atoms with van der Waals surface area (Å²) in [4.78, 5) is 11.0. The molecule has 0 aromatic heterocycles. The molecular weight excluding hydrogens is 282 g/mol. The molecule has 1 heterocycles. The molecule has 1 aromatic rings. The van der Waals surface area contributed by atoms with Gasteiger partial charge in [-0.05, 0) is 25.0 Å². The molecule has 1 fully saturated rings. The standard InChI is InChI=1S/C13H17NO5S/c1-19-10-6-8-14(9-7-10)20(17,18)12-5-3-2-4-11(12)13(15)16/h2-5,10H,6-9H2,1H3,(H,15,16). The number of nitrogens with zero attached hydrogens (tertiary/aromatic N) is 1. The number of hydrogen-bond donors (Lipinski definition) is 1. The zero-order chi connectivity index (χ0) is 14.8. The van der Waals surface area contributed by atoms with Crippen molar-refractivity contribution in [3.8, 4) is 0 Å². The van der Waals surface area contributed by atoms with Gasteiger partial charge in [-0.1, -0.05) is 12.1 Å². The summed E-state index contributed by atoms with van der Waals surface area (Å²) in [6.07, 6.45) is 1.30. The maximum atomic E-state index is 12.5. The third-order valence-corrected chi connectivity index (χ3v) is 5.43. The summed E-state index contributed by atoms with van der Waals surface area (Å²) >= 11 is 0. The van der Waals surface area contributed by atoms with E-state index < -0.39 is 16.0 Å². The molecule has 1 aliphatic heterocycles. The molecule has 110 valence electrons. The van der Waals surface area contributed by atoms with Crippen molar-refractivity contribution in [2.75, 3.05) is 20.2 Å². The first kappa shape index (κ1) is 15.0. The van der Waals surface area contributed by atoms with Crippen molar-refractivity contribution in [3.63, 3.8) is 0 Å². The van der Waals surface area contributed by atoms with Crippen LogP contribution in [0.3, 0.4) is 0 Å². The van der Waals surface area contributed by atoms with E-state index in [1.165, 1.54) is 28.6 Å². The van der Waals surface area contributed by atoms with Crippen LogP contribution < -0.4 is 0 Å². The summed E-state index contributed by atoms with van der Waals surface area (Å²) in [5, 5.41) is 9.10. The van der Waals surface area contributed by atoms with Gasteiger partial charge in [-0.3, -0.25) is 0 Å². The molecule has 1 saturated heterocycles. The molecule has 1 aliphatic rings. The average Bonchev–Trinajstić information content (AvgIpc) is 2.47.